The molecule has 1 rings (SSSR count). The molecule has 0 radical (unpaired) electrons. The molecule has 0 atom stereocenters. The van der Waals surface area contributed by atoms with Gasteiger partial charge in [0.15, 0.2) is 0 Å². The Morgan fingerprint density at radius 1 is 1.07 bits per heavy atom. The molecule has 1 fully saturated rings. The summed E-state index contributed by atoms with van der Waals surface area (Å²) in [6.45, 7) is 15.2. The van der Waals surface area contributed by atoms with Crippen molar-refractivity contribution in [1.82, 2.24) is 0 Å². The van der Waals surface area contributed by atoms with Crippen molar-refractivity contribution in [2.75, 3.05) is 0 Å². The highest BCUT2D eigenvalue weighted by Gasteiger charge is 2.43. The van der Waals surface area contributed by atoms with Crippen LogP contribution in [0.25, 0.3) is 0 Å². The second-order valence-corrected chi connectivity index (χ2v) is 5.46. The Labute approximate surface area is 88.4 Å². The molecule has 0 bridgehead atoms. The Morgan fingerprint density at radius 2 is 1.57 bits per heavy atom. The Kier molecular flexibility index (Phi) is 2.76. The van der Waals surface area contributed by atoms with Crippen molar-refractivity contribution in [2.45, 2.75) is 41.0 Å². The molecule has 0 aromatic heterocycles. The molecular formula is C14H22. The van der Waals surface area contributed by atoms with E-state index in [0.29, 0.717) is 10.8 Å². The van der Waals surface area contributed by atoms with Crippen LogP contribution in [-0.4, -0.2) is 0 Å². The molecule has 0 saturated heterocycles. The summed E-state index contributed by atoms with van der Waals surface area (Å²) in [6.07, 6.45) is 7.55. The summed E-state index contributed by atoms with van der Waals surface area (Å²) in [5.41, 5.74) is 3.55. The van der Waals surface area contributed by atoms with Crippen molar-refractivity contribution in [2.24, 2.45) is 10.8 Å². The van der Waals surface area contributed by atoms with E-state index in [0.717, 1.165) is 0 Å². The Hall–Kier alpha value is -0.780. The van der Waals surface area contributed by atoms with E-state index in [-0.39, 0.29) is 0 Å². The van der Waals surface area contributed by atoms with Crippen molar-refractivity contribution in [1.29, 1.82) is 0 Å². The van der Waals surface area contributed by atoms with Gasteiger partial charge in [-0.3, -0.25) is 0 Å². The van der Waals surface area contributed by atoms with Gasteiger partial charge < -0.3 is 0 Å². The summed E-state index contributed by atoms with van der Waals surface area (Å²) in [7, 11) is 0. The topological polar surface area (TPSA) is 0 Å². The van der Waals surface area contributed by atoms with Gasteiger partial charge in [0.1, 0.15) is 0 Å². The van der Waals surface area contributed by atoms with Gasteiger partial charge in [-0.25, -0.2) is 0 Å². The molecule has 0 spiro atoms. The third-order valence-electron chi connectivity index (χ3n) is 3.21. The van der Waals surface area contributed by atoms with Crippen LogP contribution in [0.1, 0.15) is 41.0 Å². The SMILES string of the molecule is C=CC=C1/C(=C\C)C(C)(C)CC1(C)C. The maximum absolute atomic E-state index is 3.80. The fourth-order valence-electron chi connectivity index (χ4n) is 3.00. The van der Waals surface area contributed by atoms with E-state index in [1.54, 1.807) is 0 Å². The standard InChI is InChI=1S/C14H22/c1-7-9-12-11(8-2)13(3,4)10-14(12,5)6/h7-9H,1,10H2,2-6H3/b11-8+,12-9?. The average Bonchev–Trinajstić information content (AvgIpc) is 2.17. The second kappa shape index (κ2) is 3.42. The number of rotatable bonds is 1. The number of hydrogen-bond donors (Lipinski definition) is 0. The quantitative estimate of drug-likeness (QED) is 0.571. The van der Waals surface area contributed by atoms with Gasteiger partial charge >= 0.3 is 0 Å². The lowest BCUT2D eigenvalue weighted by Crippen LogP contribution is -2.11. The second-order valence-electron chi connectivity index (χ2n) is 5.46. The van der Waals surface area contributed by atoms with Crippen LogP contribution in [0, 0.1) is 10.8 Å². The van der Waals surface area contributed by atoms with Crippen molar-refractivity contribution in [3.63, 3.8) is 0 Å². The van der Waals surface area contributed by atoms with E-state index in [2.05, 4.69) is 53.3 Å². The van der Waals surface area contributed by atoms with Crippen LogP contribution < -0.4 is 0 Å². The first kappa shape index (κ1) is 11.3. The van der Waals surface area contributed by atoms with E-state index in [1.165, 1.54) is 17.6 Å². The largest absolute Gasteiger partial charge is 0.0991 e. The van der Waals surface area contributed by atoms with Crippen LogP contribution >= 0.6 is 0 Å². The van der Waals surface area contributed by atoms with Gasteiger partial charge in [0.05, 0.1) is 0 Å². The van der Waals surface area contributed by atoms with E-state index in [1.807, 2.05) is 6.08 Å². The molecule has 0 aliphatic heterocycles. The van der Waals surface area contributed by atoms with Crippen LogP contribution in [0.5, 0.6) is 0 Å². The molecule has 0 N–H and O–H groups in total. The molecule has 14 heavy (non-hydrogen) atoms. The van der Waals surface area contributed by atoms with Crippen molar-refractivity contribution >= 4 is 0 Å². The minimum Gasteiger partial charge on any atom is -0.0991 e. The fourth-order valence-corrected chi connectivity index (χ4v) is 3.00. The van der Waals surface area contributed by atoms with Crippen molar-refractivity contribution in [3.05, 3.63) is 36.0 Å². The van der Waals surface area contributed by atoms with Crippen LogP contribution in [0.15, 0.2) is 36.0 Å². The average molecular weight is 190 g/mol. The maximum atomic E-state index is 3.80. The molecule has 0 nitrogen and oxygen atoms in total. The van der Waals surface area contributed by atoms with Crippen LogP contribution in [0.2, 0.25) is 0 Å². The highest BCUT2D eigenvalue weighted by Crippen LogP contribution is 2.55. The molecule has 0 heterocycles. The predicted molar refractivity (Wildman–Crippen MR) is 64.2 cm³/mol. The van der Waals surface area contributed by atoms with Gasteiger partial charge in [0.25, 0.3) is 0 Å². The van der Waals surface area contributed by atoms with Gasteiger partial charge in [-0.15, -0.1) is 0 Å². The third-order valence-corrected chi connectivity index (χ3v) is 3.21. The summed E-state index contributed by atoms with van der Waals surface area (Å²) < 4.78 is 0. The van der Waals surface area contributed by atoms with Gasteiger partial charge in [-0.1, -0.05) is 52.5 Å². The lowest BCUT2D eigenvalue weighted by atomic mass is 9.83. The molecule has 0 amide bonds. The molecular weight excluding hydrogens is 168 g/mol. The van der Waals surface area contributed by atoms with E-state index < -0.39 is 0 Å². The van der Waals surface area contributed by atoms with Crippen molar-refractivity contribution < 1.29 is 0 Å². The molecule has 0 unspecified atom stereocenters. The smallest absolute Gasteiger partial charge is 0.00925 e. The van der Waals surface area contributed by atoms with E-state index in [4.69, 9.17) is 0 Å². The third kappa shape index (κ3) is 1.70. The minimum atomic E-state index is 0.291. The molecule has 0 heteroatoms. The van der Waals surface area contributed by atoms with Crippen LogP contribution in [-0.2, 0) is 0 Å². The summed E-state index contributed by atoms with van der Waals surface area (Å²) in [5, 5.41) is 0. The molecule has 0 aromatic rings. The number of hydrogen-bond acceptors (Lipinski definition) is 0. The fraction of sp³-hybridized carbons (Fsp3) is 0.571. The first-order valence-corrected chi connectivity index (χ1v) is 5.35. The van der Waals surface area contributed by atoms with E-state index >= 15 is 0 Å². The molecule has 0 aromatic carbocycles. The lowest BCUT2D eigenvalue weighted by Gasteiger charge is -2.21. The first-order chi connectivity index (χ1) is 6.35. The van der Waals surface area contributed by atoms with Crippen molar-refractivity contribution in [3.8, 4) is 0 Å². The Bertz CT molecular complexity index is 298. The minimum absolute atomic E-state index is 0.291. The first-order valence-electron chi connectivity index (χ1n) is 5.35. The van der Waals surface area contributed by atoms with Gasteiger partial charge in [-0.2, -0.15) is 0 Å². The summed E-state index contributed by atoms with van der Waals surface area (Å²) in [4.78, 5) is 0. The summed E-state index contributed by atoms with van der Waals surface area (Å²) in [5.74, 6) is 0. The monoisotopic (exact) mass is 190 g/mol. The zero-order valence-corrected chi connectivity index (χ0v) is 10.1. The van der Waals surface area contributed by atoms with Gasteiger partial charge in [0, 0.05) is 0 Å². The Balaban J connectivity index is 3.27. The maximum Gasteiger partial charge on any atom is -0.00925 e. The van der Waals surface area contributed by atoms with Gasteiger partial charge in [-0.05, 0) is 35.3 Å². The highest BCUT2D eigenvalue weighted by molar-refractivity contribution is 5.46. The van der Waals surface area contributed by atoms with Crippen LogP contribution in [0.4, 0.5) is 0 Å². The summed E-state index contributed by atoms with van der Waals surface area (Å²) >= 11 is 0. The number of allylic oxidation sites excluding steroid dienone is 5. The molecule has 78 valence electrons. The zero-order valence-electron chi connectivity index (χ0n) is 10.1. The van der Waals surface area contributed by atoms with Crippen LogP contribution in [0.3, 0.4) is 0 Å². The molecule has 1 aliphatic rings. The normalized spacial score (nSPS) is 29.8. The highest BCUT2D eigenvalue weighted by atomic mass is 14.5. The molecule has 1 aliphatic carbocycles. The summed E-state index contributed by atoms with van der Waals surface area (Å²) in [6, 6.07) is 0. The van der Waals surface area contributed by atoms with E-state index in [9.17, 15) is 0 Å². The van der Waals surface area contributed by atoms with Gasteiger partial charge in [0.2, 0.25) is 0 Å². The predicted octanol–water partition coefficient (Wildman–Crippen LogP) is 4.50. The lowest BCUT2D eigenvalue weighted by molar-refractivity contribution is 0.338. The molecule has 1 saturated carbocycles. The zero-order chi connectivity index (χ0) is 11.0. The Morgan fingerprint density at radius 3 is 2.00 bits per heavy atom.